The third-order valence-corrected chi connectivity index (χ3v) is 5.66. The second kappa shape index (κ2) is 15.3. The van der Waals surface area contributed by atoms with Gasteiger partial charge in [0.2, 0.25) is 0 Å². The van der Waals surface area contributed by atoms with Gasteiger partial charge in [-0.2, -0.15) is 0 Å². The third-order valence-electron chi connectivity index (χ3n) is 5.66. The summed E-state index contributed by atoms with van der Waals surface area (Å²) in [5, 5.41) is 4.06. The van der Waals surface area contributed by atoms with Crippen molar-refractivity contribution in [1.82, 2.24) is 10.2 Å². The molecule has 3 heteroatoms. The lowest BCUT2D eigenvalue weighted by atomic mass is 9.95. The smallest absolute Gasteiger partial charge is 0.275 e. The van der Waals surface area contributed by atoms with Crippen LogP contribution in [0.25, 0.3) is 0 Å². The van der Waals surface area contributed by atoms with Crippen LogP contribution >= 0.6 is 0 Å². The first kappa shape index (κ1) is 23.3. The Bertz CT molecular complexity index is 340. The van der Waals surface area contributed by atoms with E-state index in [4.69, 9.17) is 0 Å². The first-order valence-corrected chi connectivity index (χ1v) is 11.9. The number of unbranched alkanes of at least 4 members (excludes halogenated alkanes) is 4. The minimum atomic E-state index is 0.690. The highest BCUT2D eigenvalue weighted by molar-refractivity contribution is 5.75. The van der Waals surface area contributed by atoms with Crippen LogP contribution in [-0.2, 0) is 0 Å². The van der Waals surface area contributed by atoms with E-state index in [9.17, 15) is 0 Å². The van der Waals surface area contributed by atoms with Crippen molar-refractivity contribution in [3.8, 4) is 0 Å². The van der Waals surface area contributed by atoms with Crippen molar-refractivity contribution in [2.45, 2.75) is 117 Å². The van der Waals surface area contributed by atoms with E-state index in [1.807, 2.05) is 0 Å². The van der Waals surface area contributed by atoms with E-state index in [0.717, 1.165) is 0 Å². The van der Waals surface area contributed by atoms with Gasteiger partial charge >= 0.3 is 5.96 Å². The van der Waals surface area contributed by atoms with Crippen molar-refractivity contribution in [1.29, 1.82) is 0 Å². The number of hydrogen-bond donors (Lipinski definition) is 1. The molecular weight excluding hydrogens is 318 g/mol. The SMILES string of the molecule is CCCCN(CCCC)C(NC1CCCCC1)=[N+](CCCC)CCCC. The van der Waals surface area contributed by atoms with Crippen molar-refractivity contribution in [2.24, 2.45) is 0 Å². The molecule has 0 aromatic carbocycles. The lowest BCUT2D eigenvalue weighted by Crippen LogP contribution is -2.52. The van der Waals surface area contributed by atoms with Gasteiger partial charge in [0.05, 0.1) is 32.2 Å². The summed E-state index contributed by atoms with van der Waals surface area (Å²) >= 11 is 0. The van der Waals surface area contributed by atoms with E-state index in [0.29, 0.717) is 6.04 Å². The molecule has 0 radical (unpaired) electrons. The number of rotatable bonds is 13. The van der Waals surface area contributed by atoms with Crippen molar-refractivity contribution < 1.29 is 4.58 Å². The molecule has 0 aromatic heterocycles. The van der Waals surface area contributed by atoms with Crippen LogP contribution < -0.4 is 5.32 Å². The topological polar surface area (TPSA) is 18.3 Å². The van der Waals surface area contributed by atoms with E-state index >= 15 is 0 Å². The molecule has 1 aliphatic carbocycles. The highest BCUT2D eigenvalue weighted by Crippen LogP contribution is 2.18. The average Bonchev–Trinajstić information content (AvgIpc) is 2.68. The van der Waals surface area contributed by atoms with Crippen LogP contribution in [0, 0.1) is 0 Å². The lowest BCUT2D eigenvalue weighted by molar-refractivity contribution is -0.536. The van der Waals surface area contributed by atoms with Crippen LogP contribution in [0.15, 0.2) is 0 Å². The number of guanidine groups is 1. The molecule has 1 aliphatic rings. The van der Waals surface area contributed by atoms with Crippen LogP contribution in [-0.4, -0.2) is 47.7 Å². The van der Waals surface area contributed by atoms with Crippen LogP contribution in [0.2, 0.25) is 0 Å². The number of nitrogens with zero attached hydrogens (tertiary/aromatic N) is 2. The van der Waals surface area contributed by atoms with E-state index in [1.165, 1.54) is 116 Å². The normalized spacial score (nSPS) is 15.1. The molecule has 0 spiro atoms. The Hall–Kier alpha value is -0.730. The molecule has 3 nitrogen and oxygen atoms in total. The summed E-state index contributed by atoms with van der Waals surface area (Å²) in [5.41, 5.74) is 0. The van der Waals surface area contributed by atoms with Gasteiger partial charge in [0, 0.05) is 0 Å². The van der Waals surface area contributed by atoms with Gasteiger partial charge in [0.15, 0.2) is 0 Å². The molecule has 0 aliphatic heterocycles. The van der Waals surface area contributed by atoms with E-state index < -0.39 is 0 Å². The molecule has 1 fully saturated rings. The number of hydrogen-bond acceptors (Lipinski definition) is 0. The summed E-state index contributed by atoms with van der Waals surface area (Å²) in [6, 6.07) is 0.690. The molecule has 26 heavy (non-hydrogen) atoms. The maximum Gasteiger partial charge on any atom is 0.348 e. The van der Waals surface area contributed by atoms with Gasteiger partial charge in [-0.25, -0.2) is 0 Å². The van der Waals surface area contributed by atoms with E-state index in [1.54, 1.807) is 0 Å². The van der Waals surface area contributed by atoms with Gasteiger partial charge in [-0.15, -0.1) is 0 Å². The molecular formula is C23H48N3+. The van der Waals surface area contributed by atoms with Gasteiger partial charge in [-0.3, -0.25) is 14.8 Å². The third kappa shape index (κ3) is 9.28. The van der Waals surface area contributed by atoms with Crippen LogP contribution in [0.1, 0.15) is 111 Å². The number of nitrogens with one attached hydrogen (secondary N) is 1. The van der Waals surface area contributed by atoms with Gasteiger partial charge in [0.1, 0.15) is 0 Å². The molecule has 0 amide bonds. The molecule has 0 aromatic rings. The van der Waals surface area contributed by atoms with Crippen molar-refractivity contribution in [3.63, 3.8) is 0 Å². The van der Waals surface area contributed by atoms with Crippen LogP contribution in [0.3, 0.4) is 0 Å². The standard InChI is InChI=1S/C23H47N3/c1-5-9-18-25(19-10-6-2)23(24-22-16-14-13-15-17-22)26(20-11-7-3)21-12-8-4/h22H,5-21H2,1-4H3/p+1. The van der Waals surface area contributed by atoms with Gasteiger partial charge in [0.25, 0.3) is 0 Å². The average molecular weight is 367 g/mol. The Kier molecular flexibility index (Phi) is 13.8. The van der Waals surface area contributed by atoms with E-state index in [2.05, 4.69) is 42.5 Å². The fraction of sp³-hybridized carbons (Fsp3) is 0.957. The highest BCUT2D eigenvalue weighted by atomic mass is 15.3. The lowest BCUT2D eigenvalue weighted by Gasteiger charge is -2.29. The summed E-state index contributed by atoms with van der Waals surface area (Å²) < 4.78 is 2.70. The highest BCUT2D eigenvalue weighted by Gasteiger charge is 2.26. The molecule has 0 heterocycles. The molecule has 1 N–H and O–H groups in total. The Labute approximate surface area is 164 Å². The summed E-state index contributed by atoms with van der Waals surface area (Å²) in [4.78, 5) is 2.70. The second-order valence-corrected chi connectivity index (χ2v) is 8.19. The Morgan fingerprint density at radius 2 is 1.27 bits per heavy atom. The Morgan fingerprint density at radius 1 is 0.769 bits per heavy atom. The zero-order valence-corrected chi connectivity index (χ0v) is 18.5. The van der Waals surface area contributed by atoms with Crippen molar-refractivity contribution in [2.75, 3.05) is 26.2 Å². The molecule has 154 valence electrons. The predicted molar refractivity (Wildman–Crippen MR) is 116 cm³/mol. The maximum atomic E-state index is 4.06. The monoisotopic (exact) mass is 366 g/mol. The molecule has 0 bridgehead atoms. The first-order valence-electron chi connectivity index (χ1n) is 11.9. The molecule has 1 rings (SSSR count). The van der Waals surface area contributed by atoms with Crippen LogP contribution in [0.4, 0.5) is 0 Å². The summed E-state index contributed by atoms with van der Waals surface area (Å²) in [7, 11) is 0. The molecule has 0 saturated heterocycles. The van der Waals surface area contributed by atoms with Gasteiger partial charge < -0.3 is 0 Å². The quantitative estimate of drug-likeness (QED) is 0.253. The Balaban J connectivity index is 3.03. The molecule has 0 unspecified atom stereocenters. The van der Waals surface area contributed by atoms with Crippen molar-refractivity contribution >= 4 is 5.96 Å². The summed E-state index contributed by atoms with van der Waals surface area (Å²) in [6.07, 6.45) is 17.3. The minimum absolute atomic E-state index is 0.690. The zero-order valence-electron chi connectivity index (χ0n) is 18.5. The van der Waals surface area contributed by atoms with Crippen molar-refractivity contribution in [3.05, 3.63) is 0 Å². The predicted octanol–water partition coefficient (Wildman–Crippen LogP) is 5.78. The first-order chi connectivity index (χ1) is 12.8. The zero-order chi connectivity index (χ0) is 19.0. The second-order valence-electron chi connectivity index (χ2n) is 8.19. The maximum absolute atomic E-state index is 4.06. The summed E-state index contributed by atoms with van der Waals surface area (Å²) in [6.45, 7) is 14.1. The minimum Gasteiger partial charge on any atom is -0.275 e. The van der Waals surface area contributed by atoms with E-state index in [-0.39, 0.29) is 0 Å². The Morgan fingerprint density at radius 3 is 1.73 bits per heavy atom. The molecule has 0 atom stereocenters. The fourth-order valence-electron chi connectivity index (χ4n) is 3.86. The van der Waals surface area contributed by atoms with Gasteiger partial charge in [-0.1, -0.05) is 72.6 Å². The molecule has 1 saturated carbocycles. The van der Waals surface area contributed by atoms with Gasteiger partial charge in [-0.05, 0) is 38.5 Å². The largest absolute Gasteiger partial charge is 0.348 e. The van der Waals surface area contributed by atoms with Crippen LogP contribution in [0.5, 0.6) is 0 Å². The fourth-order valence-corrected chi connectivity index (χ4v) is 3.86. The summed E-state index contributed by atoms with van der Waals surface area (Å²) in [5.74, 6) is 1.47.